The fraction of sp³-hybridized carbons (Fsp3) is 0.400. The monoisotopic (exact) mass is 457 g/mol. The lowest BCUT2D eigenvalue weighted by Gasteiger charge is -2.36. The van der Waals surface area contributed by atoms with Crippen LogP contribution in [0.5, 0.6) is 5.75 Å². The Kier molecular flexibility index (Phi) is 7.65. The van der Waals surface area contributed by atoms with E-state index in [1.165, 1.54) is 18.9 Å². The molecule has 9 heteroatoms. The van der Waals surface area contributed by atoms with Crippen molar-refractivity contribution in [2.45, 2.75) is 11.3 Å². The molecule has 6 nitrogen and oxygen atoms in total. The van der Waals surface area contributed by atoms with E-state index in [0.29, 0.717) is 11.6 Å². The number of ether oxygens (including phenoxy) is 1. The van der Waals surface area contributed by atoms with Crippen molar-refractivity contribution >= 4 is 38.9 Å². The Labute approximate surface area is 182 Å². The summed E-state index contributed by atoms with van der Waals surface area (Å²) in [5.41, 5.74) is 1.18. The molecule has 0 unspecified atom stereocenters. The Bertz CT molecular complexity index is 915. The van der Waals surface area contributed by atoms with Gasteiger partial charge in [-0.05, 0) is 55.4 Å². The van der Waals surface area contributed by atoms with Crippen molar-refractivity contribution in [2.24, 2.45) is 0 Å². The first kappa shape index (κ1) is 22.2. The summed E-state index contributed by atoms with van der Waals surface area (Å²) in [6.45, 7) is 4.95. The summed E-state index contributed by atoms with van der Waals surface area (Å²) in [5, 5.41) is 1.09. The molecule has 2 aromatic carbocycles. The van der Waals surface area contributed by atoms with Crippen molar-refractivity contribution in [3.8, 4) is 5.75 Å². The Morgan fingerprint density at radius 3 is 2.31 bits per heavy atom. The van der Waals surface area contributed by atoms with E-state index < -0.39 is 10.0 Å². The molecule has 1 fully saturated rings. The molecule has 1 aliphatic rings. The SMILES string of the molecule is COc1ccc(Cl)cc1S(=O)(=O)NCCCN1CCN(c2ccc(Cl)cc2)CC1. The van der Waals surface area contributed by atoms with Crippen LogP contribution in [-0.4, -0.2) is 59.7 Å². The highest BCUT2D eigenvalue weighted by Gasteiger charge is 2.20. The number of benzene rings is 2. The number of rotatable bonds is 8. The first-order valence-electron chi connectivity index (χ1n) is 9.45. The summed E-state index contributed by atoms with van der Waals surface area (Å²) in [5.74, 6) is 0.278. The Hall–Kier alpha value is -1.51. The first-order chi connectivity index (χ1) is 13.9. The topological polar surface area (TPSA) is 61.9 Å². The molecule has 158 valence electrons. The van der Waals surface area contributed by atoms with Crippen LogP contribution in [-0.2, 0) is 10.0 Å². The lowest BCUT2D eigenvalue weighted by Crippen LogP contribution is -2.47. The summed E-state index contributed by atoms with van der Waals surface area (Å²) >= 11 is 11.9. The molecule has 3 rings (SSSR count). The van der Waals surface area contributed by atoms with Crippen molar-refractivity contribution in [1.29, 1.82) is 0 Å². The highest BCUT2D eigenvalue weighted by atomic mass is 35.5. The number of anilines is 1. The fourth-order valence-corrected chi connectivity index (χ4v) is 4.96. The smallest absolute Gasteiger partial charge is 0.244 e. The van der Waals surface area contributed by atoms with Gasteiger partial charge in [0.05, 0.1) is 7.11 Å². The largest absolute Gasteiger partial charge is 0.495 e. The van der Waals surface area contributed by atoms with E-state index in [-0.39, 0.29) is 10.6 Å². The summed E-state index contributed by atoms with van der Waals surface area (Å²) in [6, 6.07) is 12.4. The Balaban J connectivity index is 1.44. The van der Waals surface area contributed by atoms with Crippen molar-refractivity contribution in [2.75, 3.05) is 51.3 Å². The normalized spacial score (nSPS) is 15.5. The zero-order valence-electron chi connectivity index (χ0n) is 16.3. The third kappa shape index (κ3) is 5.99. The maximum absolute atomic E-state index is 12.6. The fourth-order valence-electron chi connectivity index (χ4n) is 3.33. The molecule has 29 heavy (non-hydrogen) atoms. The van der Waals surface area contributed by atoms with Gasteiger partial charge in [-0.3, -0.25) is 4.90 Å². The number of nitrogens with one attached hydrogen (secondary N) is 1. The summed E-state index contributed by atoms with van der Waals surface area (Å²) in [6.07, 6.45) is 0.725. The van der Waals surface area contributed by atoms with Crippen molar-refractivity contribution in [3.63, 3.8) is 0 Å². The molecule has 2 aromatic rings. The molecular formula is C20H25Cl2N3O3S. The summed E-state index contributed by atoms with van der Waals surface area (Å²) in [7, 11) is -2.24. The second-order valence-corrected chi connectivity index (χ2v) is 9.46. The number of hydrogen-bond donors (Lipinski definition) is 1. The lowest BCUT2D eigenvalue weighted by molar-refractivity contribution is 0.255. The Morgan fingerprint density at radius 2 is 1.66 bits per heavy atom. The molecule has 0 aromatic heterocycles. The van der Waals surface area contributed by atoms with Gasteiger partial charge >= 0.3 is 0 Å². The number of piperazine rings is 1. The molecule has 0 atom stereocenters. The van der Waals surface area contributed by atoms with Crippen LogP contribution in [0.3, 0.4) is 0 Å². The van der Waals surface area contributed by atoms with Gasteiger partial charge in [0.25, 0.3) is 0 Å². The van der Waals surface area contributed by atoms with Gasteiger partial charge in [0, 0.05) is 48.5 Å². The van der Waals surface area contributed by atoms with E-state index in [9.17, 15) is 8.42 Å². The second-order valence-electron chi connectivity index (χ2n) is 6.85. The minimum absolute atomic E-state index is 0.0593. The van der Waals surface area contributed by atoms with E-state index in [4.69, 9.17) is 27.9 Å². The van der Waals surface area contributed by atoms with E-state index in [0.717, 1.165) is 44.2 Å². The summed E-state index contributed by atoms with van der Waals surface area (Å²) in [4.78, 5) is 4.74. The Morgan fingerprint density at radius 1 is 1.00 bits per heavy atom. The van der Waals surface area contributed by atoms with E-state index in [1.54, 1.807) is 12.1 Å². The van der Waals surface area contributed by atoms with Crippen LogP contribution in [0, 0.1) is 0 Å². The van der Waals surface area contributed by atoms with Gasteiger partial charge in [-0.2, -0.15) is 0 Å². The highest BCUT2D eigenvalue weighted by molar-refractivity contribution is 7.89. The number of halogens is 2. The molecule has 0 saturated carbocycles. The van der Waals surface area contributed by atoms with E-state index in [2.05, 4.69) is 14.5 Å². The van der Waals surface area contributed by atoms with Gasteiger partial charge in [0.1, 0.15) is 10.6 Å². The molecule has 1 heterocycles. The zero-order valence-corrected chi connectivity index (χ0v) is 18.6. The molecule has 1 aliphatic heterocycles. The first-order valence-corrected chi connectivity index (χ1v) is 11.7. The van der Waals surface area contributed by atoms with Crippen LogP contribution in [0.1, 0.15) is 6.42 Å². The zero-order chi connectivity index (χ0) is 20.9. The van der Waals surface area contributed by atoms with Gasteiger partial charge in [-0.25, -0.2) is 13.1 Å². The quantitative estimate of drug-likeness (QED) is 0.614. The van der Waals surface area contributed by atoms with Gasteiger partial charge in [0.15, 0.2) is 0 Å². The minimum atomic E-state index is -3.67. The number of hydrogen-bond acceptors (Lipinski definition) is 5. The van der Waals surface area contributed by atoms with E-state index in [1.807, 2.05) is 24.3 Å². The van der Waals surface area contributed by atoms with Gasteiger partial charge in [-0.1, -0.05) is 23.2 Å². The van der Waals surface area contributed by atoms with Gasteiger partial charge < -0.3 is 9.64 Å². The number of nitrogens with zero attached hydrogens (tertiary/aromatic N) is 2. The highest BCUT2D eigenvalue weighted by Crippen LogP contribution is 2.26. The molecule has 1 N–H and O–H groups in total. The molecule has 0 radical (unpaired) electrons. The van der Waals surface area contributed by atoms with Crippen LogP contribution in [0.25, 0.3) is 0 Å². The number of sulfonamides is 1. The van der Waals surface area contributed by atoms with Crippen LogP contribution < -0.4 is 14.4 Å². The van der Waals surface area contributed by atoms with Crippen molar-refractivity contribution < 1.29 is 13.2 Å². The summed E-state index contributed by atoms with van der Waals surface area (Å²) < 4.78 is 32.9. The minimum Gasteiger partial charge on any atom is -0.495 e. The molecule has 0 amide bonds. The van der Waals surface area contributed by atoms with Gasteiger partial charge in [0.2, 0.25) is 10.0 Å². The maximum atomic E-state index is 12.6. The standard InChI is InChI=1S/C20H25Cl2N3O3S/c1-28-19-8-5-17(22)15-20(19)29(26,27)23-9-2-10-24-11-13-25(14-12-24)18-6-3-16(21)4-7-18/h3-8,15,23H,2,9-14H2,1H3. The predicted octanol–water partition coefficient (Wildman–Crippen LogP) is 3.49. The van der Waals surface area contributed by atoms with E-state index >= 15 is 0 Å². The van der Waals surface area contributed by atoms with Crippen LogP contribution in [0.2, 0.25) is 10.0 Å². The molecular weight excluding hydrogens is 433 g/mol. The van der Waals surface area contributed by atoms with Crippen LogP contribution >= 0.6 is 23.2 Å². The molecule has 1 saturated heterocycles. The van der Waals surface area contributed by atoms with Crippen molar-refractivity contribution in [1.82, 2.24) is 9.62 Å². The lowest BCUT2D eigenvalue weighted by atomic mass is 10.2. The molecule has 0 aliphatic carbocycles. The predicted molar refractivity (Wildman–Crippen MR) is 118 cm³/mol. The molecule has 0 spiro atoms. The molecule has 0 bridgehead atoms. The van der Waals surface area contributed by atoms with Crippen LogP contribution in [0.15, 0.2) is 47.4 Å². The number of methoxy groups -OCH3 is 1. The average molecular weight is 458 g/mol. The average Bonchev–Trinajstić information content (AvgIpc) is 2.72. The van der Waals surface area contributed by atoms with Gasteiger partial charge in [-0.15, -0.1) is 0 Å². The maximum Gasteiger partial charge on any atom is 0.244 e. The second kappa shape index (κ2) is 10.00. The van der Waals surface area contributed by atoms with Crippen LogP contribution in [0.4, 0.5) is 5.69 Å². The van der Waals surface area contributed by atoms with Crippen molar-refractivity contribution in [3.05, 3.63) is 52.5 Å². The third-order valence-corrected chi connectivity index (χ3v) is 6.89. The third-order valence-electron chi connectivity index (χ3n) is 4.92.